The van der Waals surface area contributed by atoms with Crippen molar-refractivity contribution in [3.8, 4) is 0 Å². The number of rotatable bonds is 3. The van der Waals surface area contributed by atoms with Crippen molar-refractivity contribution in [3.63, 3.8) is 0 Å². The monoisotopic (exact) mass is 315 g/mol. The summed E-state index contributed by atoms with van der Waals surface area (Å²) in [4.78, 5) is 17.4. The van der Waals surface area contributed by atoms with Gasteiger partial charge in [-0.2, -0.15) is 0 Å². The minimum absolute atomic E-state index is 0.160. The summed E-state index contributed by atoms with van der Waals surface area (Å²) < 4.78 is 15.4. The zero-order valence-corrected chi connectivity index (χ0v) is 13.7. The molecule has 7 heteroatoms. The fraction of sp³-hybridized carbons (Fsp3) is 0.462. The number of hydrogen-bond donors (Lipinski definition) is 0. The standard InChI is InChI=1S/C13H18ClN3O2S/c1-13(2,3)20(19)16-8-10-9(12(18)17(4)5)6-7-15-11(10)14/h6-8H,1-5H3. The predicted molar refractivity (Wildman–Crippen MR) is 82.8 cm³/mol. The summed E-state index contributed by atoms with van der Waals surface area (Å²) in [5, 5.41) is 0.160. The van der Waals surface area contributed by atoms with E-state index >= 15 is 0 Å². The van der Waals surface area contributed by atoms with Crippen LogP contribution in [0, 0.1) is 0 Å². The first-order valence-electron chi connectivity index (χ1n) is 5.97. The second-order valence-electron chi connectivity index (χ2n) is 5.36. The van der Waals surface area contributed by atoms with Gasteiger partial charge in [-0.1, -0.05) is 16.0 Å². The van der Waals surface area contributed by atoms with Crippen LogP contribution in [0.4, 0.5) is 0 Å². The second kappa shape index (κ2) is 6.56. The van der Waals surface area contributed by atoms with Gasteiger partial charge in [0, 0.05) is 25.9 Å². The first-order chi connectivity index (χ1) is 9.14. The first kappa shape index (κ1) is 16.9. The molecular weight excluding hydrogens is 298 g/mol. The van der Waals surface area contributed by atoms with Crippen molar-refractivity contribution in [2.24, 2.45) is 4.40 Å². The van der Waals surface area contributed by atoms with E-state index in [4.69, 9.17) is 11.6 Å². The molecule has 1 amide bonds. The minimum Gasteiger partial charge on any atom is -0.591 e. The number of aromatic nitrogens is 1. The van der Waals surface area contributed by atoms with Crippen molar-refractivity contribution in [2.75, 3.05) is 14.1 Å². The Morgan fingerprint density at radius 3 is 2.60 bits per heavy atom. The van der Waals surface area contributed by atoms with Crippen molar-refractivity contribution < 1.29 is 9.35 Å². The number of carbonyl (C=O) groups is 1. The lowest BCUT2D eigenvalue weighted by Gasteiger charge is -2.18. The van der Waals surface area contributed by atoms with Crippen LogP contribution < -0.4 is 0 Å². The molecular formula is C13H18ClN3O2S. The molecule has 0 aliphatic rings. The molecule has 1 rings (SSSR count). The van der Waals surface area contributed by atoms with Gasteiger partial charge >= 0.3 is 0 Å². The molecule has 0 fully saturated rings. The van der Waals surface area contributed by atoms with Crippen LogP contribution in [0.2, 0.25) is 5.15 Å². The van der Waals surface area contributed by atoms with Crippen LogP contribution >= 0.6 is 11.6 Å². The Kier molecular flexibility index (Phi) is 5.56. The third-order valence-corrected chi connectivity index (χ3v) is 4.03. The molecule has 0 aromatic carbocycles. The van der Waals surface area contributed by atoms with Crippen LogP contribution in [-0.2, 0) is 11.4 Å². The molecule has 1 atom stereocenters. The van der Waals surface area contributed by atoms with Crippen molar-refractivity contribution >= 4 is 35.1 Å². The smallest absolute Gasteiger partial charge is 0.254 e. The fourth-order valence-corrected chi connectivity index (χ4v) is 1.98. The molecule has 5 nitrogen and oxygen atoms in total. The maximum Gasteiger partial charge on any atom is 0.254 e. The van der Waals surface area contributed by atoms with E-state index in [9.17, 15) is 9.35 Å². The third-order valence-electron chi connectivity index (χ3n) is 2.38. The molecule has 1 aromatic heterocycles. The Balaban J connectivity index is 3.18. The Hall–Kier alpha value is -1.11. The number of halogens is 1. The van der Waals surface area contributed by atoms with E-state index in [1.54, 1.807) is 20.2 Å². The molecule has 0 aliphatic carbocycles. The first-order valence-corrected chi connectivity index (χ1v) is 7.45. The molecule has 110 valence electrons. The lowest BCUT2D eigenvalue weighted by atomic mass is 10.1. The Labute approximate surface area is 127 Å². The molecule has 0 saturated heterocycles. The topological polar surface area (TPSA) is 68.6 Å². The van der Waals surface area contributed by atoms with Crippen molar-refractivity contribution in [3.05, 3.63) is 28.5 Å². The zero-order chi connectivity index (χ0) is 15.5. The van der Waals surface area contributed by atoms with Gasteiger partial charge in [-0.3, -0.25) is 4.79 Å². The molecule has 0 saturated carbocycles. The molecule has 1 heterocycles. The van der Waals surface area contributed by atoms with Gasteiger partial charge in [-0.15, -0.1) is 0 Å². The van der Waals surface area contributed by atoms with Crippen LogP contribution in [0.15, 0.2) is 16.7 Å². The van der Waals surface area contributed by atoms with E-state index in [1.165, 1.54) is 17.3 Å². The lowest BCUT2D eigenvalue weighted by Crippen LogP contribution is -2.26. The summed E-state index contributed by atoms with van der Waals surface area (Å²) in [6, 6.07) is 1.57. The van der Waals surface area contributed by atoms with E-state index in [0.717, 1.165) is 0 Å². The Bertz CT molecular complexity index is 527. The average Bonchev–Trinajstić information content (AvgIpc) is 2.34. The Morgan fingerprint density at radius 2 is 2.10 bits per heavy atom. The van der Waals surface area contributed by atoms with E-state index in [0.29, 0.717) is 11.1 Å². The molecule has 0 spiro atoms. The predicted octanol–water partition coefficient (Wildman–Crippen LogP) is 2.32. The molecule has 0 radical (unpaired) electrons. The summed E-state index contributed by atoms with van der Waals surface area (Å²) in [6.45, 7) is 5.45. The SMILES string of the molecule is CN(C)C(=O)c1ccnc(Cl)c1C=N[S+]([O-])C(C)(C)C. The normalized spacial score (nSPS) is 13.6. The van der Waals surface area contributed by atoms with Gasteiger partial charge < -0.3 is 9.45 Å². The van der Waals surface area contributed by atoms with Crippen molar-refractivity contribution in [2.45, 2.75) is 25.5 Å². The molecule has 0 aliphatic heterocycles. The molecule has 1 aromatic rings. The Morgan fingerprint density at radius 1 is 1.50 bits per heavy atom. The van der Waals surface area contributed by atoms with Crippen LogP contribution in [0.5, 0.6) is 0 Å². The summed E-state index contributed by atoms with van der Waals surface area (Å²) in [6.07, 6.45) is 2.81. The van der Waals surface area contributed by atoms with Crippen molar-refractivity contribution in [1.82, 2.24) is 9.88 Å². The van der Waals surface area contributed by atoms with Gasteiger partial charge in [-0.05, 0) is 26.8 Å². The fourth-order valence-electron chi connectivity index (χ4n) is 1.26. The third kappa shape index (κ3) is 4.19. The molecule has 0 N–H and O–H groups in total. The van der Waals surface area contributed by atoms with Gasteiger partial charge in [0.05, 0.1) is 11.8 Å². The zero-order valence-electron chi connectivity index (χ0n) is 12.2. The summed E-state index contributed by atoms with van der Waals surface area (Å²) in [7, 11) is 3.29. The number of amides is 1. The van der Waals surface area contributed by atoms with Crippen LogP contribution in [0.25, 0.3) is 0 Å². The highest BCUT2D eigenvalue weighted by Crippen LogP contribution is 2.20. The largest absolute Gasteiger partial charge is 0.591 e. The molecule has 1 unspecified atom stereocenters. The van der Waals surface area contributed by atoms with Crippen LogP contribution in [-0.4, -0.2) is 45.4 Å². The van der Waals surface area contributed by atoms with Crippen molar-refractivity contribution in [1.29, 1.82) is 0 Å². The van der Waals surface area contributed by atoms with Gasteiger partial charge in [0.2, 0.25) is 0 Å². The average molecular weight is 316 g/mol. The number of carbonyl (C=O) groups excluding carboxylic acids is 1. The molecule has 20 heavy (non-hydrogen) atoms. The maximum atomic E-state index is 12.1. The van der Waals surface area contributed by atoms with Gasteiger partial charge in [0.1, 0.15) is 21.3 Å². The highest BCUT2D eigenvalue weighted by Gasteiger charge is 2.26. The maximum absolute atomic E-state index is 12.1. The minimum atomic E-state index is -1.42. The quantitative estimate of drug-likeness (QED) is 0.488. The number of nitrogens with zero attached hydrogens (tertiary/aromatic N) is 3. The second-order valence-corrected chi connectivity index (χ2v) is 7.65. The lowest BCUT2D eigenvalue weighted by molar-refractivity contribution is 0.0827. The van der Waals surface area contributed by atoms with Crippen LogP contribution in [0.3, 0.4) is 0 Å². The number of pyridine rings is 1. The highest BCUT2D eigenvalue weighted by atomic mass is 35.5. The van der Waals surface area contributed by atoms with E-state index < -0.39 is 16.1 Å². The highest BCUT2D eigenvalue weighted by molar-refractivity contribution is 7.91. The van der Waals surface area contributed by atoms with E-state index in [1.807, 2.05) is 20.8 Å². The summed E-state index contributed by atoms with van der Waals surface area (Å²) in [5.74, 6) is -0.211. The summed E-state index contributed by atoms with van der Waals surface area (Å²) >= 11 is 4.58. The van der Waals surface area contributed by atoms with Crippen LogP contribution in [0.1, 0.15) is 36.7 Å². The van der Waals surface area contributed by atoms with E-state index in [2.05, 4.69) is 9.38 Å². The number of hydrogen-bond acceptors (Lipinski definition) is 4. The van der Waals surface area contributed by atoms with Gasteiger partial charge in [0.15, 0.2) is 0 Å². The van der Waals surface area contributed by atoms with E-state index in [-0.39, 0.29) is 11.1 Å². The van der Waals surface area contributed by atoms with Gasteiger partial charge in [0.25, 0.3) is 5.91 Å². The van der Waals surface area contributed by atoms with Gasteiger partial charge in [-0.25, -0.2) is 4.98 Å². The summed E-state index contributed by atoms with van der Waals surface area (Å²) in [5.41, 5.74) is 0.759. The molecule has 0 bridgehead atoms.